The van der Waals surface area contributed by atoms with Gasteiger partial charge in [-0.25, -0.2) is 0 Å². The first kappa shape index (κ1) is 15.4. The number of aryl methyl sites for hydroxylation is 1. The average molecular weight is 337 g/mol. The van der Waals surface area contributed by atoms with E-state index in [1.54, 1.807) is 6.07 Å². The van der Waals surface area contributed by atoms with Crippen molar-refractivity contribution in [2.75, 3.05) is 11.1 Å². The Labute approximate surface area is 138 Å². The summed E-state index contributed by atoms with van der Waals surface area (Å²) in [4.78, 5) is 11.9. The molecular weight excluding hydrogens is 320 g/mol. The molecule has 116 valence electrons. The largest absolute Gasteiger partial charge is 0.360 e. The highest BCUT2D eigenvalue weighted by Crippen LogP contribution is 2.39. The molecule has 2 aromatic rings. The van der Waals surface area contributed by atoms with Crippen LogP contribution in [0.4, 0.5) is 5.69 Å². The van der Waals surface area contributed by atoms with Crippen LogP contribution in [-0.2, 0) is 10.5 Å². The number of rotatable bonds is 6. The number of benzene rings is 1. The van der Waals surface area contributed by atoms with Crippen LogP contribution in [0.5, 0.6) is 0 Å². The maximum absolute atomic E-state index is 11.9. The molecule has 1 aliphatic carbocycles. The van der Waals surface area contributed by atoms with Gasteiger partial charge in [-0.15, -0.1) is 11.8 Å². The topological polar surface area (TPSA) is 55.1 Å². The van der Waals surface area contributed by atoms with E-state index < -0.39 is 0 Å². The van der Waals surface area contributed by atoms with Crippen molar-refractivity contribution < 1.29 is 9.32 Å². The molecule has 1 fully saturated rings. The molecule has 3 rings (SSSR count). The van der Waals surface area contributed by atoms with E-state index in [1.165, 1.54) is 24.6 Å². The lowest BCUT2D eigenvalue weighted by atomic mass is 10.2. The summed E-state index contributed by atoms with van der Waals surface area (Å²) < 4.78 is 5.27. The van der Waals surface area contributed by atoms with E-state index in [4.69, 9.17) is 16.1 Å². The van der Waals surface area contributed by atoms with Gasteiger partial charge in [0.05, 0.1) is 17.2 Å². The molecule has 6 heteroatoms. The zero-order valence-electron chi connectivity index (χ0n) is 12.3. The number of aromatic nitrogens is 1. The third-order valence-electron chi connectivity index (χ3n) is 3.51. The van der Waals surface area contributed by atoms with Crippen LogP contribution >= 0.6 is 23.4 Å². The minimum Gasteiger partial charge on any atom is -0.360 e. The molecule has 1 amide bonds. The van der Waals surface area contributed by atoms with Gasteiger partial charge in [0.1, 0.15) is 5.76 Å². The van der Waals surface area contributed by atoms with Gasteiger partial charge in [0.15, 0.2) is 0 Å². The van der Waals surface area contributed by atoms with Gasteiger partial charge in [0, 0.05) is 22.7 Å². The average Bonchev–Trinajstić information content (AvgIpc) is 3.23. The van der Waals surface area contributed by atoms with Crippen molar-refractivity contribution in [1.29, 1.82) is 0 Å². The Hall–Kier alpha value is -1.46. The molecule has 1 N–H and O–H groups in total. The maximum atomic E-state index is 11.9. The third-order valence-corrected chi connectivity index (χ3v) is 4.87. The van der Waals surface area contributed by atoms with Gasteiger partial charge in [0.25, 0.3) is 0 Å². The lowest BCUT2D eigenvalue weighted by molar-refractivity contribution is -0.113. The standard InChI is InChI=1S/C16H17ClN2O2S/c1-10-2-5-12(6-14(10)17)18-16(20)9-22-8-13-7-15(19-21-13)11-3-4-11/h2,5-7,11H,3-4,8-9H2,1H3,(H,18,20). The number of nitrogens with zero attached hydrogens (tertiary/aromatic N) is 1. The first-order valence-electron chi connectivity index (χ1n) is 7.21. The molecule has 0 atom stereocenters. The van der Waals surface area contributed by atoms with E-state index in [9.17, 15) is 4.79 Å². The van der Waals surface area contributed by atoms with Crippen molar-refractivity contribution in [3.63, 3.8) is 0 Å². The number of hydrogen-bond donors (Lipinski definition) is 1. The van der Waals surface area contributed by atoms with Crippen LogP contribution in [0.1, 0.15) is 35.8 Å². The van der Waals surface area contributed by atoms with E-state index in [2.05, 4.69) is 10.5 Å². The van der Waals surface area contributed by atoms with Gasteiger partial charge in [-0.05, 0) is 37.5 Å². The molecule has 1 aromatic carbocycles. The van der Waals surface area contributed by atoms with Crippen molar-refractivity contribution in [2.45, 2.75) is 31.4 Å². The number of hydrogen-bond acceptors (Lipinski definition) is 4. The molecule has 0 saturated heterocycles. The zero-order valence-corrected chi connectivity index (χ0v) is 13.8. The Morgan fingerprint density at radius 2 is 2.27 bits per heavy atom. The number of halogens is 1. The minimum absolute atomic E-state index is 0.0492. The molecule has 1 aromatic heterocycles. The molecule has 0 bridgehead atoms. The van der Waals surface area contributed by atoms with Crippen LogP contribution in [0.2, 0.25) is 5.02 Å². The van der Waals surface area contributed by atoms with Crippen LogP contribution in [-0.4, -0.2) is 16.8 Å². The predicted molar refractivity (Wildman–Crippen MR) is 89.5 cm³/mol. The van der Waals surface area contributed by atoms with Crippen molar-refractivity contribution in [3.05, 3.63) is 46.3 Å². The summed E-state index contributed by atoms with van der Waals surface area (Å²) in [5, 5.41) is 7.55. The minimum atomic E-state index is -0.0492. The molecule has 0 aliphatic heterocycles. The first-order chi connectivity index (χ1) is 10.6. The number of thioether (sulfide) groups is 1. The van der Waals surface area contributed by atoms with Gasteiger partial charge < -0.3 is 9.84 Å². The molecule has 0 unspecified atom stereocenters. The van der Waals surface area contributed by atoms with Gasteiger partial charge in [-0.1, -0.05) is 22.8 Å². The van der Waals surface area contributed by atoms with Crippen molar-refractivity contribution in [2.24, 2.45) is 0 Å². The van der Waals surface area contributed by atoms with E-state index in [0.29, 0.717) is 22.4 Å². The Kier molecular flexibility index (Phi) is 4.74. The van der Waals surface area contributed by atoms with Crippen LogP contribution < -0.4 is 5.32 Å². The molecule has 0 radical (unpaired) electrons. The molecular formula is C16H17ClN2O2S. The third kappa shape index (κ3) is 4.05. The Morgan fingerprint density at radius 3 is 3.00 bits per heavy atom. The normalized spacial score (nSPS) is 14.1. The molecule has 0 spiro atoms. The van der Waals surface area contributed by atoms with Crippen LogP contribution in [0.3, 0.4) is 0 Å². The van der Waals surface area contributed by atoms with Crippen molar-refractivity contribution >= 4 is 35.0 Å². The fourth-order valence-electron chi connectivity index (χ4n) is 2.08. The van der Waals surface area contributed by atoms with Gasteiger partial charge in [0.2, 0.25) is 5.91 Å². The summed E-state index contributed by atoms with van der Waals surface area (Å²) in [6.45, 7) is 1.93. The van der Waals surface area contributed by atoms with E-state index >= 15 is 0 Å². The highest BCUT2D eigenvalue weighted by Gasteiger charge is 2.26. The van der Waals surface area contributed by atoms with Gasteiger partial charge in [-0.2, -0.15) is 0 Å². The molecule has 1 saturated carbocycles. The lowest BCUT2D eigenvalue weighted by Crippen LogP contribution is -2.14. The maximum Gasteiger partial charge on any atom is 0.234 e. The fraction of sp³-hybridized carbons (Fsp3) is 0.375. The summed E-state index contributed by atoms with van der Waals surface area (Å²) in [6.07, 6.45) is 2.42. The second-order valence-electron chi connectivity index (χ2n) is 5.50. The Bertz CT molecular complexity index is 683. The molecule has 1 aliphatic rings. The summed E-state index contributed by atoms with van der Waals surface area (Å²) >= 11 is 7.55. The van der Waals surface area contributed by atoms with Crippen molar-refractivity contribution in [1.82, 2.24) is 5.16 Å². The van der Waals surface area contributed by atoms with Crippen LogP contribution in [0, 0.1) is 6.92 Å². The zero-order chi connectivity index (χ0) is 15.5. The number of anilines is 1. The highest BCUT2D eigenvalue weighted by atomic mass is 35.5. The molecule has 4 nitrogen and oxygen atoms in total. The van der Waals surface area contributed by atoms with E-state index in [0.717, 1.165) is 22.7 Å². The Balaban J connectivity index is 1.44. The molecule has 22 heavy (non-hydrogen) atoms. The summed E-state index contributed by atoms with van der Waals surface area (Å²) in [5.41, 5.74) is 2.76. The summed E-state index contributed by atoms with van der Waals surface area (Å²) in [6, 6.07) is 7.50. The van der Waals surface area contributed by atoms with Gasteiger partial charge in [-0.3, -0.25) is 4.79 Å². The monoisotopic (exact) mass is 336 g/mol. The number of carbonyl (C=O) groups excluding carboxylic acids is 1. The highest BCUT2D eigenvalue weighted by molar-refractivity contribution is 7.99. The smallest absolute Gasteiger partial charge is 0.234 e. The van der Waals surface area contributed by atoms with Crippen LogP contribution in [0.25, 0.3) is 0 Å². The van der Waals surface area contributed by atoms with Crippen LogP contribution in [0.15, 0.2) is 28.8 Å². The second-order valence-corrected chi connectivity index (χ2v) is 6.89. The second kappa shape index (κ2) is 6.75. The summed E-state index contributed by atoms with van der Waals surface area (Å²) in [7, 11) is 0. The molecule has 1 heterocycles. The Morgan fingerprint density at radius 1 is 1.45 bits per heavy atom. The van der Waals surface area contributed by atoms with E-state index in [-0.39, 0.29) is 5.91 Å². The number of nitrogens with one attached hydrogen (secondary N) is 1. The fourth-order valence-corrected chi connectivity index (χ4v) is 2.96. The lowest BCUT2D eigenvalue weighted by Gasteiger charge is -2.06. The predicted octanol–water partition coefficient (Wildman–Crippen LogP) is 4.39. The van der Waals surface area contributed by atoms with Crippen molar-refractivity contribution in [3.8, 4) is 0 Å². The number of carbonyl (C=O) groups is 1. The first-order valence-corrected chi connectivity index (χ1v) is 8.74. The SMILES string of the molecule is Cc1ccc(NC(=O)CSCc2cc(C3CC3)no2)cc1Cl. The number of amides is 1. The quantitative estimate of drug-likeness (QED) is 0.850. The van der Waals surface area contributed by atoms with Gasteiger partial charge >= 0.3 is 0 Å². The van der Waals surface area contributed by atoms with E-state index in [1.807, 2.05) is 25.1 Å². The summed E-state index contributed by atoms with van der Waals surface area (Å²) in [5.74, 6) is 2.40.